The van der Waals surface area contributed by atoms with E-state index >= 15 is 0 Å². The number of methoxy groups -OCH3 is 1. The summed E-state index contributed by atoms with van der Waals surface area (Å²) < 4.78 is 7.77. The van der Waals surface area contributed by atoms with E-state index in [1.165, 1.54) is 6.08 Å². The molecule has 0 aliphatic heterocycles. The van der Waals surface area contributed by atoms with Gasteiger partial charge in [-0.15, -0.1) is 6.58 Å². The number of ether oxygens (including phenoxy) is 1. The maximum atomic E-state index is 12.7. The largest absolute Gasteiger partial charge is 0.494 e. The molecule has 2 aromatic heterocycles. The number of fused-ring (bicyclic) bond motifs is 1. The lowest BCUT2D eigenvalue weighted by molar-refractivity contribution is -0.134. The van der Waals surface area contributed by atoms with Crippen LogP contribution < -0.4 is 20.3 Å². The first-order valence-corrected chi connectivity index (χ1v) is 12.9. The maximum Gasteiger partial charge on any atom is 0.292 e. The fourth-order valence-electron chi connectivity index (χ4n) is 4.37. The van der Waals surface area contributed by atoms with E-state index in [0.29, 0.717) is 35.3 Å². The normalized spacial score (nSPS) is 10.9. The van der Waals surface area contributed by atoms with E-state index in [1.54, 1.807) is 19.4 Å². The van der Waals surface area contributed by atoms with Gasteiger partial charge in [-0.2, -0.15) is 0 Å². The zero-order chi connectivity index (χ0) is 28.8. The average molecular weight is 542 g/mol. The van der Waals surface area contributed by atoms with Gasteiger partial charge in [-0.05, 0) is 32.3 Å². The van der Waals surface area contributed by atoms with Crippen LogP contribution in [0.2, 0.25) is 0 Å². The summed E-state index contributed by atoms with van der Waals surface area (Å²) in [4.78, 5) is 38.2. The first kappa shape index (κ1) is 28.3. The summed E-state index contributed by atoms with van der Waals surface area (Å²) in [5, 5.41) is 7.10. The molecule has 40 heavy (non-hydrogen) atoms. The molecule has 0 bridgehead atoms. The highest BCUT2D eigenvalue weighted by Crippen LogP contribution is 2.38. The Morgan fingerprint density at radius 2 is 1.88 bits per heavy atom. The molecule has 2 aromatic carbocycles. The van der Waals surface area contributed by atoms with Crippen LogP contribution in [0.3, 0.4) is 0 Å². The highest BCUT2D eigenvalue weighted by molar-refractivity contribution is 6.41. The number of amides is 1. The zero-order valence-corrected chi connectivity index (χ0v) is 23.6. The number of nitrogens with one attached hydrogen (secondary N) is 2. The molecular formula is C30H35N7O3. The average Bonchev–Trinajstić information content (AvgIpc) is 3.28. The van der Waals surface area contributed by atoms with Crippen LogP contribution in [0.4, 0.5) is 23.0 Å². The molecule has 4 rings (SSSR count). The van der Waals surface area contributed by atoms with E-state index in [9.17, 15) is 9.59 Å². The summed E-state index contributed by atoms with van der Waals surface area (Å²) in [7, 11) is 9.48. The number of anilines is 4. The first-order chi connectivity index (χ1) is 19.2. The van der Waals surface area contributed by atoms with Crippen molar-refractivity contribution in [3.05, 3.63) is 67.5 Å². The van der Waals surface area contributed by atoms with Crippen molar-refractivity contribution in [2.24, 2.45) is 7.05 Å². The molecule has 4 aromatic rings. The third kappa shape index (κ3) is 6.29. The van der Waals surface area contributed by atoms with Crippen LogP contribution in [-0.2, 0) is 16.6 Å². The molecule has 10 heteroatoms. The van der Waals surface area contributed by atoms with E-state index in [0.717, 1.165) is 28.7 Å². The minimum absolute atomic E-state index is 0.0479. The van der Waals surface area contributed by atoms with Crippen LogP contribution in [0, 0.1) is 0 Å². The van der Waals surface area contributed by atoms with Gasteiger partial charge in [0, 0.05) is 68.5 Å². The van der Waals surface area contributed by atoms with Crippen LogP contribution in [0.15, 0.2) is 67.5 Å². The lowest BCUT2D eigenvalue weighted by atomic mass is 10.1. The van der Waals surface area contributed by atoms with E-state index in [1.807, 2.05) is 63.6 Å². The monoisotopic (exact) mass is 541 g/mol. The summed E-state index contributed by atoms with van der Waals surface area (Å²) in [5.74, 6) is -0.403. The van der Waals surface area contributed by atoms with Gasteiger partial charge in [0.05, 0.1) is 29.9 Å². The van der Waals surface area contributed by atoms with Crippen LogP contribution in [0.1, 0.15) is 6.42 Å². The topological polar surface area (TPSA) is 105 Å². The number of benzene rings is 2. The molecule has 0 saturated carbocycles. The number of aryl methyl sites for hydroxylation is 1. The number of hydrogen-bond acceptors (Lipinski definition) is 8. The molecule has 0 unspecified atom stereocenters. The molecule has 2 N–H and O–H groups in total. The summed E-state index contributed by atoms with van der Waals surface area (Å²) in [6.07, 6.45) is 5.10. The molecule has 0 saturated heterocycles. The van der Waals surface area contributed by atoms with Gasteiger partial charge in [-0.1, -0.05) is 24.3 Å². The number of likely N-dealkylation sites (N-methyl/N-ethyl adjacent to an activating group) is 2. The van der Waals surface area contributed by atoms with E-state index in [2.05, 4.69) is 43.8 Å². The maximum absolute atomic E-state index is 12.7. The second kappa shape index (κ2) is 12.4. The van der Waals surface area contributed by atoms with Gasteiger partial charge >= 0.3 is 0 Å². The first-order valence-electron chi connectivity index (χ1n) is 12.9. The van der Waals surface area contributed by atoms with E-state index in [-0.39, 0.29) is 6.42 Å². The molecule has 1 amide bonds. The van der Waals surface area contributed by atoms with Crippen molar-refractivity contribution < 1.29 is 14.3 Å². The van der Waals surface area contributed by atoms with Crippen LogP contribution in [0.25, 0.3) is 22.2 Å². The van der Waals surface area contributed by atoms with Gasteiger partial charge in [-0.25, -0.2) is 9.97 Å². The molecule has 0 fully saturated rings. The highest BCUT2D eigenvalue weighted by Gasteiger charge is 2.20. The molecule has 0 aliphatic carbocycles. The molecular weight excluding hydrogens is 506 g/mol. The Labute approximate surface area is 234 Å². The molecule has 208 valence electrons. The fourth-order valence-corrected chi connectivity index (χ4v) is 4.37. The van der Waals surface area contributed by atoms with Crippen molar-refractivity contribution in [1.29, 1.82) is 0 Å². The number of aromatic nitrogens is 3. The van der Waals surface area contributed by atoms with Gasteiger partial charge in [0.2, 0.25) is 11.7 Å². The summed E-state index contributed by atoms with van der Waals surface area (Å²) in [6, 6.07) is 13.6. The Kier molecular flexibility index (Phi) is 8.80. The minimum atomic E-state index is -0.715. The number of allylic oxidation sites excluding steroid dienone is 1. The van der Waals surface area contributed by atoms with Crippen LogP contribution in [0.5, 0.6) is 5.75 Å². The Morgan fingerprint density at radius 1 is 1.10 bits per heavy atom. The predicted octanol–water partition coefficient (Wildman–Crippen LogP) is 4.47. The van der Waals surface area contributed by atoms with Gasteiger partial charge < -0.3 is 29.7 Å². The summed E-state index contributed by atoms with van der Waals surface area (Å²) >= 11 is 0. The quantitative estimate of drug-likeness (QED) is 0.200. The smallest absolute Gasteiger partial charge is 0.292 e. The Hall–Kier alpha value is -4.70. The Balaban J connectivity index is 1.71. The van der Waals surface area contributed by atoms with Crippen LogP contribution in [-0.4, -0.2) is 72.5 Å². The number of nitrogens with zero attached hydrogens (tertiary/aromatic N) is 5. The van der Waals surface area contributed by atoms with Crippen molar-refractivity contribution in [3.63, 3.8) is 0 Å². The highest BCUT2D eigenvalue weighted by atomic mass is 16.5. The summed E-state index contributed by atoms with van der Waals surface area (Å²) in [6.45, 7) is 5.02. The van der Waals surface area contributed by atoms with Crippen molar-refractivity contribution in [3.8, 4) is 17.0 Å². The van der Waals surface area contributed by atoms with Gasteiger partial charge in [0.15, 0.2) is 0 Å². The van der Waals surface area contributed by atoms with Gasteiger partial charge in [0.1, 0.15) is 5.75 Å². The number of carbonyl (C=O) groups excluding carboxylic acids is 2. The van der Waals surface area contributed by atoms with Crippen molar-refractivity contribution in [2.45, 2.75) is 6.42 Å². The van der Waals surface area contributed by atoms with E-state index in [4.69, 9.17) is 9.72 Å². The number of rotatable bonds is 12. The number of carbonyl (C=O) groups is 2. The summed E-state index contributed by atoms with van der Waals surface area (Å²) in [5.41, 5.74) is 4.55. The second-order valence-corrected chi connectivity index (χ2v) is 9.73. The number of ketones is 1. The fraction of sp³-hybridized carbons (Fsp3) is 0.267. The third-order valence-corrected chi connectivity index (χ3v) is 6.52. The molecule has 0 radical (unpaired) electrons. The van der Waals surface area contributed by atoms with Crippen molar-refractivity contribution in [2.75, 3.05) is 56.9 Å². The third-order valence-electron chi connectivity index (χ3n) is 6.52. The standard InChI is InChI=1S/C30H35N7O3/c1-7-10-27(38)29(39)32-23-17-24(28(40-6)18-26(23)36(4)16-15-35(2)3)34-30-31-14-13-22(33-30)21-19-37(5)25-12-9-8-11-20(21)25/h7-9,11-14,17-19H,1,10,15-16H2,2-6H3,(H,32,39)(H,31,33,34). The number of Topliss-reactive ketones (excluding diaryl/α,β-unsaturated/α-hetero) is 1. The predicted molar refractivity (Wildman–Crippen MR) is 160 cm³/mol. The molecule has 0 atom stereocenters. The number of hydrogen-bond donors (Lipinski definition) is 2. The van der Waals surface area contributed by atoms with E-state index < -0.39 is 11.7 Å². The minimum Gasteiger partial charge on any atom is -0.494 e. The van der Waals surface area contributed by atoms with Crippen LogP contribution >= 0.6 is 0 Å². The zero-order valence-electron chi connectivity index (χ0n) is 23.6. The Bertz CT molecular complexity index is 1540. The second-order valence-electron chi connectivity index (χ2n) is 9.73. The molecule has 0 spiro atoms. The molecule has 10 nitrogen and oxygen atoms in total. The molecule has 2 heterocycles. The number of para-hydroxylation sites is 1. The van der Waals surface area contributed by atoms with Crippen molar-refractivity contribution >= 4 is 45.6 Å². The van der Waals surface area contributed by atoms with Crippen molar-refractivity contribution in [1.82, 2.24) is 19.4 Å². The Morgan fingerprint density at radius 3 is 2.60 bits per heavy atom. The SMILES string of the molecule is C=CCC(=O)C(=O)Nc1cc(Nc2nccc(-c3cn(C)c4ccccc34)n2)c(OC)cc1N(C)CCN(C)C. The van der Waals surface area contributed by atoms with Gasteiger partial charge in [-0.3, -0.25) is 9.59 Å². The lowest BCUT2D eigenvalue weighted by Gasteiger charge is -2.26. The van der Waals surface area contributed by atoms with Gasteiger partial charge in [0.25, 0.3) is 5.91 Å². The molecule has 0 aliphatic rings. The lowest BCUT2D eigenvalue weighted by Crippen LogP contribution is -2.30.